The molecule has 1 saturated heterocycles. The van der Waals surface area contributed by atoms with Gasteiger partial charge in [-0.1, -0.05) is 0 Å². The zero-order valence-electron chi connectivity index (χ0n) is 6.82. The second-order valence-corrected chi connectivity index (χ2v) is 3.45. The molecule has 1 aliphatic carbocycles. The molecule has 1 heterocycles. The molecule has 1 saturated carbocycles. The van der Waals surface area contributed by atoms with Crippen molar-refractivity contribution in [1.82, 2.24) is 10.0 Å². The number of nitrogens with zero attached hydrogens (tertiary/aromatic N) is 3. The third kappa shape index (κ3) is 0.943. The Balaban J connectivity index is 2.07. The molecule has 0 amide bonds. The average molecular weight is 151 g/mol. The van der Waals surface area contributed by atoms with Crippen LogP contribution in [0.5, 0.6) is 0 Å². The van der Waals surface area contributed by atoms with Crippen LogP contribution in [0.3, 0.4) is 0 Å². The van der Waals surface area contributed by atoms with Gasteiger partial charge in [0.1, 0.15) is 6.54 Å². The van der Waals surface area contributed by atoms with Crippen LogP contribution in [0, 0.1) is 11.3 Å². The highest BCUT2D eigenvalue weighted by atomic mass is 15.7. The van der Waals surface area contributed by atoms with Gasteiger partial charge in [0.25, 0.3) is 0 Å². The summed E-state index contributed by atoms with van der Waals surface area (Å²) in [6, 6.07) is 3.61. The molecule has 0 aromatic heterocycles. The second kappa shape index (κ2) is 2.47. The Morgan fingerprint density at radius 3 is 2.73 bits per heavy atom. The molecule has 2 bridgehead atoms. The van der Waals surface area contributed by atoms with E-state index in [0.29, 0.717) is 12.6 Å². The summed E-state index contributed by atoms with van der Waals surface area (Å²) >= 11 is 0. The lowest BCUT2D eigenvalue weighted by atomic mass is 10.2. The first-order valence-corrected chi connectivity index (χ1v) is 4.19. The lowest BCUT2D eigenvalue weighted by molar-refractivity contribution is -0.0180. The van der Waals surface area contributed by atoms with Crippen molar-refractivity contribution in [2.45, 2.75) is 31.3 Å². The van der Waals surface area contributed by atoms with E-state index in [9.17, 15) is 0 Å². The summed E-state index contributed by atoms with van der Waals surface area (Å²) in [4.78, 5) is 0. The number of nitriles is 1. The SMILES string of the molecule is CN1C2CCC(C2)N1CC#N. The Kier molecular flexibility index (Phi) is 1.59. The highest BCUT2D eigenvalue weighted by Crippen LogP contribution is 2.35. The summed E-state index contributed by atoms with van der Waals surface area (Å²) in [7, 11) is 2.10. The smallest absolute Gasteiger partial charge is 0.101 e. The van der Waals surface area contributed by atoms with Gasteiger partial charge in [-0.25, -0.2) is 10.0 Å². The summed E-state index contributed by atoms with van der Waals surface area (Å²) < 4.78 is 0. The van der Waals surface area contributed by atoms with Gasteiger partial charge in [0.2, 0.25) is 0 Å². The first-order valence-electron chi connectivity index (χ1n) is 4.19. The summed E-state index contributed by atoms with van der Waals surface area (Å²) in [5.74, 6) is 0. The molecule has 2 atom stereocenters. The van der Waals surface area contributed by atoms with Gasteiger partial charge in [0.15, 0.2) is 0 Å². The van der Waals surface area contributed by atoms with Gasteiger partial charge in [0.05, 0.1) is 6.07 Å². The molecule has 2 aliphatic rings. The Hall–Kier alpha value is -0.590. The van der Waals surface area contributed by atoms with Crippen LogP contribution in [0.1, 0.15) is 19.3 Å². The monoisotopic (exact) mass is 151 g/mol. The van der Waals surface area contributed by atoms with Gasteiger partial charge >= 0.3 is 0 Å². The van der Waals surface area contributed by atoms with Crippen LogP contribution in [0.15, 0.2) is 0 Å². The molecule has 2 unspecified atom stereocenters. The van der Waals surface area contributed by atoms with Crippen molar-refractivity contribution in [3.63, 3.8) is 0 Å². The minimum atomic E-state index is 0.567. The van der Waals surface area contributed by atoms with Crippen LogP contribution in [0.25, 0.3) is 0 Å². The molecule has 1 aliphatic heterocycles. The molecule has 11 heavy (non-hydrogen) atoms. The Bertz CT molecular complexity index is 194. The van der Waals surface area contributed by atoms with Gasteiger partial charge in [-0.05, 0) is 19.3 Å². The van der Waals surface area contributed by atoms with E-state index >= 15 is 0 Å². The van der Waals surface area contributed by atoms with Crippen molar-refractivity contribution in [3.05, 3.63) is 0 Å². The number of hydrogen-bond donors (Lipinski definition) is 0. The summed E-state index contributed by atoms with van der Waals surface area (Å²) in [5, 5.41) is 13.0. The topological polar surface area (TPSA) is 30.3 Å². The fourth-order valence-corrected chi connectivity index (χ4v) is 2.33. The number of hydrogen-bond acceptors (Lipinski definition) is 3. The van der Waals surface area contributed by atoms with E-state index in [0.717, 1.165) is 6.04 Å². The molecule has 2 rings (SSSR count). The van der Waals surface area contributed by atoms with Crippen molar-refractivity contribution in [3.8, 4) is 6.07 Å². The predicted molar refractivity (Wildman–Crippen MR) is 41.5 cm³/mol. The van der Waals surface area contributed by atoms with Crippen LogP contribution >= 0.6 is 0 Å². The maximum Gasteiger partial charge on any atom is 0.101 e. The van der Waals surface area contributed by atoms with Gasteiger partial charge in [-0.2, -0.15) is 5.26 Å². The second-order valence-electron chi connectivity index (χ2n) is 3.45. The molecular formula is C8H13N3. The Morgan fingerprint density at radius 2 is 2.18 bits per heavy atom. The molecule has 3 nitrogen and oxygen atoms in total. The quantitative estimate of drug-likeness (QED) is 0.514. The van der Waals surface area contributed by atoms with Crippen molar-refractivity contribution in [2.24, 2.45) is 0 Å². The predicted octanol–water partition coefficient (Wildman–Crippen LogP) is 0.593. The minimum Gasteiger partial charge on any atom is -0.241 e. The van der Waals surface area contributed by atoms with Gasteiger partial charge in [-0.3, -0.25) is 0 Å². The van der Waals surface area contributed by atoms with E-state index in [4.69, 9.17) is 5.26 Å². The van der Waals surface area contributed by atoms with Crippen LogP contribution < -0.4 is 0 Å². The number of rotatable bonds is 1. The van der Waals surface area contributed by atoms with E-state index in [-0.39, 0.29) is 0 Å². The third-order valence-electron chi connectivity index (χ3n) is 2.97. The van der Waals surface area contributed by atoms with E-state index in [1.165, 1.54) is 19.3 Å². The zero-order chi connectivity index (χ0) is 7.84. The van der Waals surface area contributed by atoms with Gasteiger partial charge in [0, 0.05) is 19.1 Å². The van der Waals surface area contributed by atoms with E-state index in [1.807, 2.05) is 0 Å². The zero-order valence-corrected chi connectivity index (χ0v) is 6.82. The molecule has 60 valence electrons. The van der Waals surface area contributed by atoms with Crippen molar-refractivity contribution >= 4 is 0 Å². The maximum absolute atomic E-state index is 8.55. The largest absolute Gasteiger partial charge is 0.241 e. The van der Waals surface area contributed by atoms with Crippen molar-refractivity contribution < 1.29 is 0 Å². The van der Waals surface area contributed by atoms with E-state index in [2.05, 4.69) is 23.1 Å². The lowest BCUT2D eigenvalue weighted by Crippen LogP contribution is -2.44. The number of fused-ring (bicyclic) bond motifs is 2. The van der Waals surface area contributed by atoms with Crippen LogP contribution in [-0.2, 0) is 0 Å². The average Bonchev–Trinajstić information content (AvgIpc) is 2.54. The van der Waals surface area contributed by atoms with E-state index in [1.54, 1.807) is 0 Å². The first-order chi connectivity index (χ1) is 5.33. The maximum atomic E-state index is 8.55. The van der Waals surface area contributed by atoms with Crippen LogP contribution in [0.2, 0.25) is 0 Å². The van der Waals surface area contributed by atoms with Crippen molar-refractivity contribution in [1.29, 1.82) is 5.26 Å². The van der Waals surface area contributed by atoms with Gasteiger partial charge < -0.3 is 0 Å². The minimum absolute atomic E-state index is 0.567. The molecule has 0 N–H and O–H groups in total. The van der Waals surface area contributed by atoms with E-state index < -0.39 is 0 Å². The molecule has 0 radical (unpaired) electrons. The molecule has 0 aromatic rings. The Morgan fingerprint density at radius 1 is 1.45 bits per heavy atom. The highest BCUT2D eigenvalue weighted by molar-refractivity contribution is 4.95. The Labute approximate surface area is 67.2 Å². The standard InChI is InChI=1S/C8H13N3/c1-10-7-2-3-8(6-7)11(10)5-4-9/h7-8H,2-3,5-6H2,1H3. The summed E-state index contributed by atoms with van der Waals surface area (Å²) in [5.41, 5.74) is 0. The fourth-order valence-electron chi connectivity index (χ4n) is 2.33. The third-order valence-corrected chi connectivity index (χ3v) is 2.97. The summed E-state index contributed by atoms with van der Waals surface area (Å²) in [6.45, 7) is 0.567. The van der Waals surface area contributed by atoms with Crippen LogP contribution in [-0.4, -0.2) is 35.7 Å². The molecule has 3 heteroatoms. The van der Waals surface area contributed by atoms with Crippen LogP contribution in [0.4, 0.5) is 0 Å². The van der Waals surface area contributed by atoms with Crippen molar-refractivity contribution in [2.75, 3.05) is 13.6 Å². The fraction of sp³-hybridized carbons (Fsp3) is 0.875. The molecule has 0 spiro atoms. The molecule has 0 aromatic carbocycles. The highest BCUT2D eigenvalue weighted by Gasteiger charge is 2.41. The molecule has 2 fully saturated rings. The normalized spacial score (nSPS) is 37.8. The van der Waals surface area contributed by atoms with Gasteiger partial charge in [-0.15, -0.1) is 0 Å². The number of hydrazine groups is 1. The molecular weight excluding hydrogens is 138 g/mol. The first kappa shape index (κ1) is 7.08. The lowest BCUT2D eigenvalue weighted by Gasteiger charge is -2.33. The summed E-state index contributed by atoms with van der Waals surface area (Å²) in [6.07, 6.45) is 3.89.